The number of rotatable bonds is 16. The van der Waals surface area contributed by atoms with Gasteiger partial charge in [-0.3, -0.25) is 0 Å². The summed E-state index contributed by atoms with van der Waals surface area (Å²) in [4.78, 5) is 0. The standard InChI is InChI=1S/C25H50O5/c1-18(2)9-6-10-19(3)11-7-12-20(4)13-8-14-21(5)15-16-29-25-24(28)23(27)22(26)17-30-25/h18-28H,6-17H2,1-5H3/t19-,20-,21?,22?,23?,24?,25?/m0/s1. The zero-order valence-corrected chi connectivity index (χ0v) is 20.3. The molecule has 0 radical (unpaired) electrons. The Morgan fingerprint density at radius 1 is 0.700 bits per heavy atom. The molecule has 1 heterocycles. The average molecular weight is 431 g/mol. The van der Waals surface area contributed by atoms with Crippen LogP contribution in [-0.2, 0) is 9.47 Å². The highest BCUT2D eigenvalue weighted by Crippen LogP contribution is 2.23. The van der Waals surface area contributed by atoms with Gasteiger partial charge in [-0.05, 0) is 30.1 Å². The highest BCUT2D eigenvalue weighted by molar-refractivity contribution is 4.82. The van der Waals surface area contributed by atoms with Gasteiger partial charge >= 0.3 is 0 Å². The van der Waals surface area contributed by atoms with Crippen LogP contribution >= 0.6 is 0 Å². The van der Waals surface area contributed by atoms with E-state index < -0.39 is 24.6 Å². The van der Waals surface area contributed by atoms with E-state index in [1.165, 1.54) is 57.8 Å². The van der Waals surface area contributed by atoms with Crippen molar-refractivity contribution in [2.45, 2.75) is 123 Å². The molecule has 1 fully saturated rings. The van der Waals surface area contributed by atoms with E-state index >= 15 is 0 Å². The number of aliphatic hydroxyl groups excluding tert-OH is 3. The Hall–Kier alpha value is -0.200. The minimum Gasteiger partial charge on any atom is -0.388 e. The molecule has 5 heteroatoms. The largest absolute Gasteiger partial charge is 0.388 e. The second-order valence-electron chi connectivity index (χ2n) is 10.4. The molecule has 3 N–H and O–H groups in total. The van der Waals surface area contributed by atoms with Crippen LogP contribution in [0.3, 0.4) is 0 Å². The SMILES string of the molecule is CC(C)CCC[C@H](C)CCC[C@H](C)CCCC(C)CCOC1OCC(O)C(O)C1O. The summed E-state index contributed by atoms with van der Waals surface area (Å²) in [5, 5.41) is 29.0. The van der Waals surface area contributed by atoms with Gasteiger partial charge in [-0.15, -0.1) is 0 Å². The van der Waals surface area contributed by atoms with Crippen molar-refractivity contribution < 1.29 is 24.8 Å². The van der Waals surface area contributed by atoms with Crippen molar-refractivity contribution in [3.8, 4) is 0 Å². The molecular weight excluding hydrogens is 380 g/mol. The van der Waals surface area contributed by atoms with Crippen molar-refractivity contribution in [3.05, 3.63) is 0 Å². The Morgan fingerprint density at radius 2 is 1.17 bits per heavy atom. The smallest absolute Gasteiger partial charge is 0.186 e. The van der Waals surface area contributed by atoms with Crippen molar-refractivity contribution >= 4 is 0 Å². The molecule has 0 bridgehead atoms. The summed E-state index contributed by atoms with van der Waals surface area (Å²) < 4.78 is 10.9. The first-order chi connectivity index (χ1) is 14.2. The third-order valence-electron chi connectivity index (χ3n) is 6.61. The summed E-state index contributed by atoms with van der Waals surface area (Å²) in [6, 6.07) is 0. The van der Waals surface area contributed by atoms with Crippen molar-refractivity contribution in [1.82, 2.24) is 0 Å². The quantitative estimate of drug-likeness (QED) is 0.324. The Morgan fingerprint density at radius 3 is 1.67 bits per heavy atom. The van der Waals surface area contributed by atoms with Gasteiger partial charge in [0.05, 0.1) is 13.2 Å². The molecule has 0 amide bonds. The summed E-state index contributed by atoms with van der Waals surface area (Å²) >= 11 is 0. The van der Waals surface area contributed by atoms with Crippen LogP contribution < -0.4 is 0 Å². The highest BCUT2D eigenvalue weighted by Gasteiger charge is 2.38. The van der Waals surface area contributed by atoms with Gasteiger partial charge in [0.2, 0.25) is 0 Å². The lowest BCUT2D eigenvalue weighted by atomic mass is 9.91. The number of aliphatic hydroxyl groups is 3. The molecule has 0 aliphatic carbocycles. The maximum absolute atomic E-state index is 9.88. The van der Waals surface area contributed by atoms with Crippen LogP contribution in [0.1, 0.15) is 98.8 Å². The topological polar surface area (TPSA) is 79.2 Å². The lowest BCUT2D eigenvalue weighted by Crippen LogP contribution is -2.53. The third-order valence-corrected chi connectivity index (χ3v) is 6.61. The molecule has 1 saturated heterocycles. The molecule has 30 heavy (non-hydrogen) atoms. The fourth-order valence-electron chi connectivity index (χ4n) is 4.25. The second-order valence-corrected chi connectivity index (χ2v) is 10.4. The molecule has 1 aliphatic rings. The summed E-state index contributed by atoms with van der Waals surface area (Å²) in [6.45, 7) is 12.2. The maximum atomic E-state index is 9.88. The molecule has 1 rings (SSSR count). The van der Waals surface area contributed by atoms with Crippen molar-refractivity contribution in [2.24, 2.45) is 23.7 Å². The first-order valence-corrected chi connectivity index (χ1v) is 12.5. The molecule has 0 spiro atoms. The van der Waals surface area contributed by atoms with Crippen LogP contribution in [0.25, 0.3) is 0 Å². The first-order valence-electron chi connectivity index (χ1n) is 12.5. The monoisotopic (exact) mass is 430 g/mol. The average Bonchev–Trinajstić information content (AvgIpc) is 2.67. The van der Waals surface area contributed by atoms with Gasteiger partial charge in [-0.1, -0.05) is 92.4 Å². The van der Waals surface area contributed by atoms with Gasteiger partial charge in [-0.2, -0.15) is 0 Å². The van der Waals surface area contributed by atoms with Crippen molar-refractivity contribution in [1.29, 1.82) is 0 Å². The highest BCUT2D eigenvalue weighted by atomic mass is 16.7. The molecule has 0 aromatic rings. The fourth-order valence-corrected chi connectivity index (χ4v) is 4.25. The number of hydrogen-bond acceptors (Lipinski definition) is 5. The van der Waals surface area contributed by atoms with Gasteiger partial charge < -0.3 is 24.8 Å². The summed E-state index contributed by atoms with van der Waals surface area (Å²) in [5.74, 6) is 3.07. The zero-order valence-electron chi connectivity index (χ0n) is 20.3. The van der Waals surface area contributed by atoms with Crippen LogP contribution in [-0.4, -0.2) is 53.1 Å². The first kappa shape index (κ1) is 27.8. The second kappa shape index (κ2) is 15.6. The van der Waals surface area contributed by atoms with Crippen LogP contribution in [0.2, 0.25) is 0 Å². The zero-order chi connectivity index (χ0) is 22.5. The van der Waals surface area contributed by atoms with E-state index in [0.717, 1.165) is 24.2 Å². The maximum Gasteiger partial charge on any atom is 0.186 e. The van der Waals surface area contributed by atoms with Gasteiger partial charge in [-0.25, -0.2) is 0 Å². The van der Waals surface area contributed by atoms with E-state index in [2.05, 4.69) is 34.6 Å². The molecule has 5 unspecified atom stereocenters. The molecular formula is C25H50O5. The third kappa shape index (κ3) is 12.0. The number of hydrogen-bond donors (Lipinski definition) is 3. The summed E-state index contributed by atoms with van der Waals surface area (Å²) in [7, 11) is 0. The van der Waals surface area contributed by atoms with E-state index in [9.17, 15) is 15.3 Å². The van der Waals surface area contributed by atoms with E-state index in [-0.39, 0.29) is 6.61 Å². The Labute approximate surface area is 185 Å². The van der Waals surface area contributed by atoms with Crippen LogP contribution in [0, 0.1) is 23.7 Å². The Bertz CT molecular complexity index is 416. The fraction of sp³-hybridized carbons (Fsp3) is 1.00. The Kier molecular flexibility index (Phi) is 14.5. The summed E-state index contributed by atoms with van der Waals surface area (Å²) in [6.07, 6.45) is 8.56. The van der Waals surface area contributed by atoms with Crippen LogP contribution in [0.4, 0.5) is 0 Å². The minimum atomic E-state index is -1.20. The van der Waals surface area contributed by atoms with Crippen LogP contribution in [0.15, 0.2) is 0 Å². The van der Waals surface area contributed by atoms with Gasteiger partial charge in [0.15, 0.2) is 6.29 Å². The predicted octanol–water partition coefficient (Wildman–Crippen LogP) is 4.91. The molecule has 180 valence electrons. The molecule has 0 aromatic carbocycles. The van der Waals surface area contributed by atoms with E-state index in [4.69, 9.17) is 9.47 Å². The minimum absolute atomic E-state index is 0.00689. The molecule has 0 aromatic heterocycles. The normalized spacial score (nSPS) is 27.9. The molecule has 5 nitrogen and oxygen atoms in total. The van der Waals surface area contributed by atoms with Crippen LogP contribution in [0.5, 0.6) is 0 Å². The molecule has 0 saturated carbocycles. The van der Waals surface area contributed by atoms with Crippen molar-refractivity contribution in [2.75, 3.05) is 13.2 Å². The lowest BCUT2D eigenvalue weighted by molar-refractivity contribution is -0.270. The van der Waals surface area contributed by atoms with E-state index in [1.54, 1.807) is 0 Å². The number of ether oxygens (including phenoxy) is 2. The van der Waals surface area contributed by atoms with Gasteiger partial charge in [0, 0.05) is 0 Å². The lowest BCUT2D eigenvalue weighted by Gasteiger charge is -2.35. The molecule has 7 atom stereocenters. The van der Waals surface area contributed by atoms with Gasteiger partial charge in [0.25, 0.3) is 0 Å². The molecule has 1 aliphatic heterocycles. The summed E-state index contributed by atoms with van der Waals surface area (Å²) in [5.41, 5.74) is 0. The van der Waals surface area contributed by atoms with E-state index in [0.29, 0.717) is 12.5 Å². The Balaban J connectivity index is 2.02. The predicted molar refractivity (Wildman–Crippen MR) is 122 cm³/mol. The van der Waals surface area contributed by atoms with E-state index in [1.807, 2.05) is 0 Å². The van der Waals surface area contributed by atoms with Crippen molar-refractivity contribution in [3.63, 3.8) is 0 Å². The van der Waals surface area contributed by atoms with Gasteiger partial charge in [0.1, 0.15) is 18.3 Å².